The maximum absolute atomic E-state index is 14.7. The van der Waals surface area contributed by atoms with E-state index in [-0.39, 0.29) is 102 Å². The minimum atomic E-state index is -3.83. The molecule has 2 aliphatic rings. The number of fused-ring (bicyclic) bond motifs is 2. The van der Waals surface area contributed by atoms with Gasteiger partial charge >= 0.3 is 6.03 Å². The van der Waals surface area contributed by atoms with E-state index in [2.05, 4.69) is 15.4 Å². The van der Waals surface area contributed by atoms with Crippen LogP contribution in [-0.2, 0) is 56.4 Å². The number of hydrogen-bond donors (Lipinski definition) is 3. The average Bonchev–Trinajstić information content (AvgIpc) is 3.95. The van der Waals surface area contributed by atoms with Crippen molar-refractivity contribution in [1.82, 2.24) is 25.2 Å². The largest absolute Gasteiger partial charge is 0.484 e. The van der Waals surface area contributed by atoms with Crippen LogP contribution in [0.1, 0.15) is 90.5 Å². The van der Waals surface area contributed by atoms with Crippen molar-refractivity contribution in [3.8, 4) is 11.5 Å². The zero-order valence-corrected chi connectivity index (χ0v) is 49.7. The molecule has 0 aliphatic heterocycles. The molecule has 0 bridgehead atoms. The topological polar surface area (TPSA) is 200 Å². The number of urea groups is 1. The standard InChI is InChI=1S/C57H77Cl2F2N5O12S2/c1-38-30-43(14-16-53(38)77-55-47-32-40(58)34-49(60)45(47)36-51(55)65(3)4)79(69,70)29-11-22-74-26-27-75-23-19-63-57(68)62-18-9-7-8-12-42(67)13-10-21-73-25-28-76-24-20-64-80(71,72)44-15-17-54(39(2)31-44)78-56-48-33-41(59)35-50(61)46(48)37-52(56)66(5)6/h14-17,30-35,51-52,55-56,64H,7-13,18-29,36-37H2,1-6H3,(H2,62,63,68)/t51-,52-,55-,56-/m0/s1. The molecule has 0 fully saturated rings. The van der Waals surface area contributed by atoms with Crippen LogP contribution in [0.15, 0.2) is 70.5 Å². The number of Topliss-reactive ketones (excluding diaryl/α,β-unsaturated/α-hetero) is 1. The number of unbranched alkanes of at least 4 members (excludes halogenated alkanes) is 2. The van der Waals surface area contributed by atoms with Crippen molar-refractivity contribution >= 4 is 54.9 Å². The second-order valence-corrected chi connectivity index (χ2v) is 25.2. The number of rotatable bonds is 35. The van der Waals surface area contributed by atoms with E-state index in [0.29, 0.717) is 115 Å². The SMILES string of the molecule is Cc1cc(S(=O)(=O)CCCOCCOCCNC(=O)NCCCCCC(=O)CCCOCCOCCNS(=O)(=O)c2ccc(O[C@H]3c4cc(Cl)cc(F)c4C[C@@H]3N(C)C)c(C)c2)ccc1O[C@H]1c2cc(Cl)cc(F)c2C[C@@H]1N(C)C. The fourth-order valence-corrected chi connectivity index (χ4v) is 12.5. The van der Waals surface area contributed by atoms with Crippen molar-refractivity contribution < 1.29 is 63.6 Å². The van der Waals surface area contributed by atoms with E-state index in [4.69, 9.17) is 51.6 Å². The Morgan fingerprint density at radius 3 is 1.59 bits per heavy atom. The molecule has 3 N–H and O–H groups in total. The lowest BCUT2D eigenvalue weighted by Gasteiger charge is -2.28. The smallest absolute Gasteiger partial charge is 0.314 e. The molecule has 0 aromatic heterocycles. The summed E-state index contributed by atoms with van der Waals surface area (Å²) < 4.78 is 119. The summed E-state index contributed by atoms with van der Waals surface area (Å²) in [5.74, 6) is 0.308. The Hall–Kier alpha value is -4.52. The molecule has 2 aliphatic carbocycles. The second-order valence-electron chi connectivity index (χ2n) is 20.5. The minimum absolute atomic E-state index is 0.0571. The van der Waals surface area contributed by atoms with Gasteiger partial charge in [0.1, 0.15) is 41.1 Å². The maximum atomic E-state index is 14.7. The zero-order chi connectivity index (χ0) is 58.0. The molecule has 0 saturated carbocycles. The van der Waals surface area contributed by atoms with Crippen molar-refractivity contribution in [2.24, 2.45) is 0 Å². The Labute approximate surface area is 480 Å². The lowest BCUT2D eigenvalue weighted by Crippen LogP contribution is -2.37. The Morgan fingerprint density at radius 2 is 1.05 bits per heavy atom. The molecular formula is C57H77Cl2F2N5O12S2. The summed E-state index contributed by atoms with van der Waals surface area (Å²) in [6.45, 7) is 6.53. The number of sulfone groups is 1. The van der Waals surface area contributed by atoms with Crippen LogP contribution in [0.5, 0.6) is 11.5 Å². The molecule has 2 amide bonds. The number of ketones is 1. The summed E-state index contributed by atoms with van der Waals surface area (Å²) in [7, 11) is 0.196. The Morgan fingerprint density at radius 1 is 0.575 bits per heavy atom. The lowest BCUT2D eigenvalue weighted by atomic mass is 10.1. The molecule has 0 radical (unpaired) electrons. The molecule has 17 nitrogen and oxygen atoms in total. The van der Waals surface area contributed by atoms with Crippen LogP contribution in [0.2, 0.25) is 10.0 Å². The number of amides is 2. The summed E-state index contributed by atoms with van der Waals surface area (Å²) in [4.78, 5) is 28.7. The molecule has 23 heteroatoms. The molecular weight excluding hydrogens is 1120 g/mol. The third-order valence-corrected chi connectivity index (χ3v) is 17.7. The number of ether oxygens (including phenoxy) is 6. The molecule has 4 atom stereocenters. The summed E-state index contributed by atoms with van der Waals surface area (Å²) in [5.41, 5.74) is 3.75. The highest BCUT2D eigenvalue weighted by Crippen LogP contribution is 2.42. The number of nitrogens with one attached hydrogen (secondary N) is 3. The van der Waals surface area contributed by atoms with Crippen molar-refractivity contribution in [2.45, 2.75) is 106 Å². The number of sulfonamides is 1. The van der Waals surface area contributed by atoms with E-state index in [0.717, 1.165) is 19.3 Å². The molecule has 4 aromatic carbocycles. The molecule has 442 valence electrons. The van der Waals surface area contributed by atoms with Crippen LogP contribution >= 0.6 is 23.2 Å². The predicted octanol–water partition coefficient (Wildman–Crippen LogP) is 8.52. The second kappa shape index (κ2) is 31.2. The van der Waals surface area contributed by atoms with Gasteiger partial charge in [0.05, 0.1) is 67.3 Å². The van der Waals surface area contributed by atoms with Gasteiger partial charge in [-0.1, -0.05) is 29.6 Å². The van der Waals surface area contributed by atoms with Crippen molar-refractivity contribution in [3.05, 3.63) is 116 Å². The fourth-order valence-electron chi connectivity index (χ4n) is 9.63. The molecule has 0 spiro atoms. The Bertz CT molecular complexity index is 2750. The summed E-state index contributed by atoms with van der Waals surface area (Å²) in [5, 5.41) is 6.10. The van der Waals surface area contributed by atoms with Gasteiger partial charge in [-0.2, -0.15) is 0 Å². The monoisotopic (exact) mass is 1200 g/mol. The quantitative estimate of drug-likeness (QED) is 0.0370. The number of hydrogen-bond acceptors (Lipinski definition) is 14. The average molecular weight is 1200 g/mol. The first-order chi connectivity index (χ1) is 38.1. The highest BCUT2D eigenvalue weighted by molar-refractivity contribution is 7.91. The van der Waals surface area contributed by atoms with Gasteiger partial charge in [0.25, 0.3) is 0 Å². The van der Waals surface area contributed by atoms with Crippen LogP contribution < -0.4 is 24.8 Å². The van der Waals surface area contributed by atoms with E-state index >= 15 is 0 Å². The van der Waals surface area contributed by atoms with Crippen LogP contribution in [0.4, 0.5) is 13.6 Å². The van der Waals surface area contributed by atoms with Gasteiger partial charge in [-0.3, -0.25) is 4.79 Å². The number of carbonyl (C=O) groups is 2. The van der Waals surface area contributed by atoms with Crippen LogP contribution in [-0.4, -0.2) is 157 Å². The number of benzene rings is 4. The Kier molecular flexibility index (Phi) is 25.2. The van der Waals surface area contributed by atoms with Crippen molar-refractivity contribution in [1.29, 1.82) is 0 Å². The zero-order valence-electron chi connectivity index (χ0n) is 46.6. The summed E-state index contributed by atoms with van der Waals surface area (Å²) in [6.07, 6.45) is 3.92. The molecule has 4 aromatic rings. The molecule has 80 heavy (non-hydrogen) atoms. The first kappa shape index (κ1) is 64.6. The lowest BCUT2D eigenvalue weighted by molar-refractivity contribution is -0.119. The predicted molar refractivity (Wildman–Crippen MR) is 304 cm³/mol. The van der Waals surface area contributed by atoms with E-state index < -0.39 is 32.1 Å². The summed E-state index contributed by atoms with van der Waals surface area (Å²) in [6, 6.07) is 14.9. The third-order valence-electron chi connectivity index (χ3n) is 14.0. The highest BCUT2D eigenvalue weighted by Gasteiger charge is 2.40. The number of halogens is 4. The van der Waals surface area contributed by atoms with Gasteiger partial charge in [-0.05, 0) is 163 Å². The van der Waals surface area contributed by atoms with E-state index in [1.165, 1.54) is 30.3 Å². The number of carbonyl (C=O) groups excluding carboxylic acids is 2. The van der Waals surface area contributed by atoms with Crippen LogP contribution in [0.3, 0.4) is 0 Å². The van der Waals surface area contributed by atoms with Crippen molar-refractivity contribution in [3.63, 3.8) is 0 Å². The van der Waals surface area contributed by atoms with Crippen LogP contribution in [0.25, 0.3) is 0 Å². The molecule has 0 heterocycles. The van der Waals surface area contributed by atoms with Crippen LogP contribution in [0, 0.1) is 25.5 Å². The van der Waals surface area contributed by atoms with Gasteiger partial charge in [-0.25, -0.2) is 35.1 Å². The normalized spacial score (nSPS) is 17.0. The molecule has 0 saturated heterocycles. The molecule has 6 rings (SSSR count). The summed E-state index contributed by atoms with van der Waals surface area (Å²) >= 11 is 12.4. The van der Waals surface area contributed by atoms with E-state index in [9.17, 15) is 35.2 Å². The van der Waals surface area contributed by atoms with Crippen molar-refractivity contribution in [2.75, 3.05) is 106 Å². The van der Waals surface area contributed by atoms with Gasteiger partial charge in [0.2, 0.25) is 10.0 Å². The van der Waals surface area contributed by atoms with Gasteiger partial charge in [-0.15, -0.1) is 0 Å². The van der Waals surface area contributed by atoms with Gasteiger partial charge < -0.3 is 48.9 Å². The highest BCUT2D eigenvalue weighted by atomic mass is 35.5. The third kappa shape index (κ3) is 19.0. The number of aryl methyl sites for hydroxylation is 2. The van der Waals surface area contributed by atoms with E-state index in [1.807, 2.05) is 38.0 Å². The number of likely N-dealkylation sites (N-methyl/N-ethyl adjacent to an activating group) is 2. The van der Waals surface area contributed by atoms with E-state index in [1.54, 1.807) is 44.2 Å². The first-order valence-electron chi connectivity index (χ1n) is 27.0. The maximum Gasteiger partial charge on any atom is 0.314 e. The first-order valence-corrected chi connectivity index (χ1v) is 30.9. The minimum Gasteiger partial charge on any atom is -0.484 e. The van der Waals surface area contributed by atoms with Gasteiger partial charge in [0.15, 0.2) is 9.84 Å². The Balaban J connectivity index is 0.708. The fraction of sp³-hybridized carbons (Fsp3) is 0.544. The number of nitrogens with zero attached hydrogens (tertiary/aromatic N) is 2. The molecule has 0 unspecified atom stereocenters. The van der Waals surface area contributed by atoms with Gasteiger partial charge in [0, 0.05) is 66.9 Å².